The van der Waals surface area contributed by atoms with Gasteiger partial charge in [-0.2, -0.15) is 0 Å². The maximum atomic E-state index is 12.9. The number of hydrogen-bond acceptors (Lipinski definition) is 0. The van der Waals surface area contributed by atoms with Crippen molar-refractivity contribution in [1.29, 1.82) is 0 Å². The van der Waals surface area contributed by atoms with Crippen LogP contribution in [-0.2, 0) is 6.42 Å². The molecule has 0 atom stereocenters. The molecule has 0 amide bonds. The summed E-state index contributed by atoms with van der Waals surface area (Å²) in [7, 11) is 0. The van der Waals surface area contributed by atoms with Gasteiger partial charge in [0.2, 0.25) is 0 Å². The minimum absolute atomic E-state index is 0.242. The second kappa shape index (κ2) is 6.94. The van der Waals surface area contributed by atoms with Gasteiger partial charge < -0.3 is 0 Å². The summed E-state index contributed by atoms with van der Waals surface area (Å²) in [5, 5.41) is 0. The van der Waals surface area contributed by atoms with Gasteiger partial charge in [0, 0.05) is 11.1 Å². The van der Waals surface area contributed by atoms with Gasteiger partial charge in [0.15, 0.2) is 0 Å². The Morgan fingerprint density at radius 1 is 0.652 bits per heavy atom. The molecule has 112 valence electrons. The third-order valence-corrected chi connectivity index (χ3v) is 3.78. The molecule has 0 heterocycles. The summed E-state index contributed by atoms with van der Waals surface area (Å²) in [6, 6.07) is 23.0. The molecule has 3 aromatic rings. The van der Waals surface area contributed by atoms with E-state index in [0.29, 0.717) is 0 Å². The van der Waals surface area contributed by atoms with E-state index in [2.05, 4.69) is 55.2 Å². The minimum Gasteiger partial charge on any atom is -0.207 e. The van der Waals surface area contributed by atoms with Crippen LogP contribution in [0.5, 0.6) is 0 Å². The molecular formula is C22H17F. The summed E-state index contributed by atoms with van der Waals surface area (Å²) in [5.41, 5.74) is 5.49. The third kappa shape index (κ3) is 3.87. The second-order valence-electron chi connectivity index (χ2n) is 5.38. The Morgan fingerprint density at radius 3 is 1.57 bits per heavy atom. The fourth-order valence-electron chi connectivity index (χ4n) is 2.36. The molecule has 0 fully saturated rings. The lowest BCUT2D eigenvalue weighted by Gasteiger charge is -2.03. The second-order valence-corrected chi connectivity index (χ2v) is 5.38. The summed E-state index contributed by atoms with van der Waals surface area (Å²) in [5.74, 6) is 5.91. The van der Waals surface area contributed by atoms with E-state index in [4.69, 9.17) is 0 Å². The molecule has 0 nitrogen and oxygen atoms in total. The molecule has 0 radical (unpaired) electrons. The first-order valence-corrected chi connectivity index (χ1v) is 7.71. The molecule has 0 aromatic heterocycles. The molecule has 0 aliphatic carbocycles. The number of halogens is 1. The van der Waals surface area contributed by atoms with Crippen LogP contribution in [0.2, 0.25) is 0 Å². The fraction of sp³-hybridized carbons (Fsp3) is 0.0909. The summed E-state index contributed by atoms with van der Waals surface area (Å²) in [4.78, 5) is 0. The Hall–Kier alpha value is -2.85. The molecule has 3 aromatic carbocycles. The lowest BCUT2D eigenvalue weighted by molar-refractivity contribution is 0.627. The van der Waals surface area contributed by atoms with Crippen LogP contribution in [-0.4, -0.2) is 0 Å². The highest BCUT2D eigenvalue weighted by molar-refractivity contribution is 5.64. The van der Waals surface area contributed by atoms with Gasteiger partial charge in [-0.1, -0.05) is 55.2 Å². The highest BCUT2D eigenvalue weighted by Gasteiger charge is 1.98. The van der Waals surface area contributed by atoms with E-state index in [1.807, 2.05) is 12.1 Å². The molecular weight excluding hydrogens is 283 g/mol. The molecule has 0 spiro atoms. The predicted octanol–water partition coefficient (Wildman–Crippen LogP) is 5.45. The number of rotatable bonds is 2. The van der Waals surface area contributed by atoms with Crippen LogP contribution >= 0.6 is 0 Å². The summed E-state index contributed by atoms with van der Waals surface area (Å²) < 4.78 is 12.9. The highest BCUT2D eigenvalue weighted by atomic mass is 19.1. The van der Waals surface area contributed by atoms with Gasteiger partial charge in [-0.3, -0.25) is 0 Å². The molecule has 0 saturated heterocycles. The van der Waals surface area contributed by atoms with Crippen molar-refractivity contribution >= 4 is 0 Å². The Morgan fingerprint density at radius 2 is 1.09 bits per heavy atom. The number of aryl methyl sites for hydroxylation is 1. The summed E-state index contributed by atoms with van der Waals surface area (Å²) >= 11 is 0. The van der Waals surface area contributed by atoms with Crippen molar-refractivity contribution in [1.82, 2.24) is 0 Å². The summed E-state index contributed by atoms with van der Waals surface area (Å²) in [6.07, 6.45) is 1.05. The van der Waals surface area contributed by atoms with Gasteiger partial charge in [0.05, 0.1) is 0 Å². The molecule has 0 aliphatic heterocycles. The monoisotopic (exact) mass is 300 g/mol. The van der Waals surface area contributed by atoms with E-state index < -0.39 is 0 Å². The van der Waals surface area contributed by atoms with Crippen molar-refractivity contribution in [3.05, 3.63) is 95.3 Å². The zero-order valence-corrected chi connectivity index (χ0v) is 13.0. The minimum atomic E-state index is -0.242. The maximum Gasteiger partial charge on any atom is 0.123 e. The Balaban J connectivity index is 1.78. The first-order valence-electron chi connectivity index (χ1n) is 7.71. The molecule has 0 aliphatic rings. The summed E-state index contributed by atoms with van der Waals surface area (Å²) in [6.45, 7) is 2.16. The predicted molar refractivity (Wildman–Crippen MR) is 93.6 cm³/mol. The van der Waals surface area contributed by atoms with Crippen LogP contribution in [0.25, 0.3) is 11.1 Å². The zero-order chi connectivity index (χ0) is 16.1. The van der Waals surface area contributed by atoms with Gasteiger partial charge in [0.1, 0.15) is 5.82 Å². The molecule has 1 heteroatoms. The van der Waals surface area contributed by atoms with E-state index in [1.165, 1.54) is 28.8 Å². The van der Waals surface area contributed by atoms with Crippen LogP contribution < -0.4 is 0 Å². The van der Waals surface area contributed by atoms with Crippen molar-refractivity contribution in [2.45, 2.75) is 13.3 Å². The fourth-order valence-corrected chi connectivity index (χ4v) is 2.36. The van der Waals surface area contributed by atoms with Crippen molar-refractivity contribution in [3.63, 3.8) is 0 Å². The smallest absolute Gasteiger partial charge is 0.123 e. The quantitative estimate of drug-likeness (QED) is 0.552. The van der Waals surface area contributed by atoms with E-state index in [1.54, 1.807) is 12.1 Å². The maximum absolute atomic E-state index is 12.9. The average Bonchev–Trinajstić information content (AvgIpc) is 2.62. The highest BCUT2D eigenvalue weighted by Crippen LogP contribution is 2.20. The van der Waals surface area contributed by atoms with Crippen LogP contribution in [0.1, 0.15) is 23.6 Å². The van der Waals surface area contributed by atoms with Crippen LogP contribution in [0.3, 0.4) is 0 Å². The lowest BCUT2D eigenvalue weighted by atomic mass is 10.0. The van der Waals surface area contributed by atoms with E-state index in [9.17, 15) is 4.39 Å². The van der Waals surface area contributed by atoms with Crippen molar-refractivity contribution in [2.24, 2.45) is 0 Å². The van der Waals surface area contributed by atoms with E-state index >= 15 is 0 Å². The first-order chi connectivity index (χ1) is 11.2. The lowest BCUT2D eigenvalue weighted by Crippen LogP contribution is -1.82. The van der Waals surface area contributed by atoms with Gasteiger partial charge >= 0.3 is 0 Å². The Labute approximate surface area is 136 Å². The molecule has 3 rings (SSSR count). The first kappa shape index (κ1) is 15.1. The number of hydrogen-bond donors (Lipinski definition) is 0. The zero-order valence-electron chi connectivity index (χ0n) is 13.0. The normalized spacial score (nSPS) is 10.0. The van der Waals surface area contributed by atoms with Gasteiger partial charge in [-0.05, 0) is 59.5 Å². The van der Waals surface area contributed by atoms with Crippen LogP contribution in [0.4, 0.5) is 4.39 Å². The molecule has 0 unspecified atom stereocenters. The third-order valence-electron chi connectivity index (χ3n) is 3.78. The molecule has 0 bridgehead atoms. The van der Waals surface area contributed by atoms with Crippen LogP contribution in [0, 0.1) is 17.7 Å². The van der Waals surface area contributed by atoms with Crippen LogP contribution in [0.15, 0.2) is 72.8 Å². The van der Waals surface area contributed by atoms with Crippen molar-refractivity contribution in [2.75, 3.05) is 0 Å². The van der Waals surface area contributed by atoms with Gasteiger partial charge in [-0.15, -0.1) is 0 Å². The van der Waals surface area contributed by atoms with E-state index in [-0.39, 0.29) is 5.82 Å². The molecule has 23 heavy (non-hydrogen) atoms. The average molecular weight is 300 g/mol. The van der Waals surface area contributed by atoms with E-state index in [0.717, 1.165) is 17.5 Å². The SMILES string of the molecule is CCc1ccc(-c2ccc(C#Cc3ccc(F)cc3)cc2)cc1. The number of benzene rings is 3. The van der Waals surface area contributed by atoms with Crippen molar-refractivity contribution in [3.8, 4) is 23.0 Å². The van der Waals surface area contributed by atoms with Gasteiger partial charge in [-0.25, -0.2) is 4.39 Å². The van der Waals surface area contributed by atoms with Gasteiger partial charge in [0.25, 0.3) is 0 Å². The topological polar surface area (TPSA) is 0 Å². The van der Waals surface area contributed by atoms with Crippen molar-refractivity contribution < 1.29 is 4.39 Å². The molecule has 0 saturated carbocycles. The molecule has 0 N–H and O–H groups in total. The Kier molecular flexibility index (Phi) is 4.54. The largest absolute Gasteiger partial charge is 0.207 e. The Bertz CT molecular complexity index is 830. The standard InChI is InChI=1S/C22H17F/c1-2-17-5-11-20(12-6-17)21-13-7-18(8-14-21)3-4-19-9-15-22(23)16-10-19/h5-16H,2H2,1H3.